The highest BCUT2D eigenvalue weighted by atomic mass is 16.2. The summed E-state index contributed by atoms with van der Waals surface area (Å²) in [7, 11) is 0. The fraction of sp³-hybridized carbons (Fsp3) is 0.409. The van der Waals surface area contributed by atoms with Crippen molar-refractivity contribution in [2.75, 3.05) is 44.2 Å². The van der Waals surface area contributed by atoms with Gasteiger partial charge in [-0.15, -0.1) is 0 Å². The maximum absolute atomic E-state index is 13.2. The predicted molar refractivity (Wildman–Crippen MR) is 109 cm³/mol. The molecule has 4 rings (SSSR count). The first-order valence-electron chi connectivity index (χ1n) is 10.1. The molecule has 6 nitrogen and oxygen atoms in total. The number of nitrogens with zero attached hydrogens (tertiary/aromatic N) is 4. The molecular weight excluding hydrogens is 352 g/mol. The Morgan fingerprint density at radius 3 is 2.11 bits per heavy atom. The third-order valence-corrected chi connectivity index (χ3v) is 5.51. The Balaban J connectivity index is 1.46. The fourth-order valence-electron chi connectivity index (χ4n) is 4.00. The van der Waals surface area contributed by atoms with Crippen LogP contribution >= 0.6 is 0 Å². The van der Waals surface area contributed by atoms with Crippen molar-refractivity contribution in [3.8, 4) is 0 Å². The number of hydrogen-bond acceptors (Lipinski definition) is 4. The lowest BCUT2D eigenvalue weighted by Crippen LogP contribution is -2.38. The highest BCUT2D eigenvalue weighted by molar-refractivity contribution is 5.99. The SMILES string of the molecule is O=C(c1ccccc1)N1CCCN(C(=O)c2cccnc2N2CCCC2)CC1. The summed E-state index contributed by atoms with van der Waals surface area (Å²) in [5.41, 5.74) is 1.37. The molecule has 28 heavy (non-hydrogen) atoms. The highest BCUT2D eigenvalue weighted by Crippen LogP contribution is 2.23. The number of rotatable bonds is 3. The van der Waals surface area contributed by atoms with Gasteiger partial charge in [0.25, 0.3) is 11.8 Å². The lowest BCUT2D eigenvalue weighted by molar-refractivity contribution is 0.0719. The topological polar surface area (TPSA) is 56.8 Å². The molecule has 2 saturated heterocycles. The second kappa shape index (κ2) is 8.42. The maximum Gasteiger partial charge on any atom is 0.257 e. The minimum absolute atomic E-state index is 0.0176. The quantitative estimate of drug-likeness (QED) is 0.824. The molecule has 2 aliphatic heterocycles. The van der Waals surface area contributed by atoms with E-state index in [4.69, 9.17) is 0 Å². The van der Waals surface area contributed by atoms with Gasteiger partial charge < -0.3 is 14.7 Å². The van der Waals surface area contributed by atoms with Crippen LogP contribution in [0.5, 0.6) is 0 Å². The van der Waals surface area contributed by atoms with Crippen LogP contribution in [0.3, 0.4) is 0 Å². The molecule has 0 bridgehead atoms. The summed E-state index contributed by atoms with van der Waals surface area (Å²) in [6.45, 7) is 4.34. The molecule has 0 spiro atoms. The molecule has 0 aliphatic carbocycles. The van der Waals surface area contributed by atoms with Gasteiger partial charge in [-0.05, 0) is 43.5 Å². The first-order chi connectivity index (χ1) is 13.7. The normalized spacial score (nSPS) is 17.5. The van der Waals surface area contributed by atoms with Crippen LogP contribution in [0.25, 0.3) is 0 Å². The number of anilines is 1. The Morgan fingerprint density at radius 2 is 1.39 bits per heavy atom. The van der Waals surface area contributed by atoms with Crippen LogP contribution in [0.15, 0.2) is 48.7 Å². The Morgan fingerprint density at radius 1 is 0.714 bits per heavy atom. The Kier molecular flexibility index (Phi) is 5.55. The maximum atomic E-state index is 13.2. The van der Waals surface area contributed by atoms with Crippen molar-refractivity contribution in [1.82, 2.24) is 14.8 Å². The molecule has 0 radical (unpaired) electrons. The van der Waals surface area contributed by atoms with E-state index in [1.54, 1.807) is 6.20 Å². The number of amides is 2. The molecule has 2 aromatic rings. The second-order valence-electron chi connectivity index (χ2n) is 7.37. The summed E-state index contributed by atoms with van der Waals surface area (Å²) >= 11 is 0. The lowest BCUT2D eigenvalue weighted by Gasteiger charge is -2.25. The number of benzene rings is 1. The van der Waals surface area contributed by atoms with Gasteiger partial charge in [-0.1, -0.05) is 18.2 Å². The molecule has 2 aliphatic rings. The first-order valence-corrected chi connectivity index (χ1v) is 10.1. The Hall–Kier alpha value is -2.89. The van der Waals surface area contributed by atoms with E-state index in [-0.39, 0.29) is 11.8 Å². The van der Waals surface area contributed by atoms with Crippen LogP contribution in [-0.2, 0) is 0 Å². The van der Waals surface area contributed by atoms with Gasteiger partial charge in [0.1, 0.15) is 5.82 Å². The van der Waals surface area contributed by atoms with Crippen molar-refractivity contribution in [3.05, 3.63) is 59.8 Å². The Labute approximate surface area is 165 Å². The molecule has 0 unspecified atom stereocenters. The van der Waals surface area contributed by atoms with Gasteiger partial charge in [0.2, 0.25) is 0 Å². The molecule has 2 fully saturated rings. The predicted octanol–water partition coefficient (Wildman–Crippen LogP) is 2.67. The van der Waals surface area contributed by atoms with Gasteiger partial charge >= 0.3 is 0 Å². The largest absolute Gasteiger partial charge is 0.356 e. The van der Waals surface area contributed by atoms with E-state index in [0.717, 1.165) is 38.2 Å². The fourth-order valence-corrected chi connectivity index (χ4v) is 4.00. The first kappa shape index (κ1) is 18.5. The van der Waals surface area contributed by atoms with Crippen LogP contribution in [0.4, 0.5) is 5.82 Å². The number of aromatic nitrogens is 1. The zero-order chi connectivity index (χ0) is 19.3. The third kappa shape index (κ3) is 3.86. The van der Waals surface area contributed by atoms with E-state index in [1.807, 2.05) is 52.3 Å². The summed E-state index contributed by atoms with van der Waals surface area (Å²) in [6, 6.07) is 13.1. The average molecular weight is 378 g/mol. The standard InChI is InChI=1S/C22H26N4O2/c27-21(18-8-2-1-3-9-18)25-14-7-15-26(17-16-25)22(28)19-10-6-11-23-20(19)24-12-4-5-13-24/h1-3,6,8-11H,4-5,7,12-17H2. The van der Waals surface area contributed by atoms with Gasteiger partial charge in [-0.3, -0.25) is 9.59 Å². The third-order valence-electron chi connectivity index (χ3n) is 5.51. The van der Waals surface area contributed by atoms with Crippen molar-refractivity contribution in [2.45, 2.75) is 19.3 Å². The summed E-state index contributed by atoms with van der Waals surface area (Å²) in [5.74, 6) is 0.851. The summed E-state index contributed by atoms with van der Waals surface area (Å²) in [5, 5.41) is 0. The van der Waals surface area contributed by atoms with Gasteiger partial charge in [0, 0.05) is 51.0 Å². The van der Waals surface area contributed by atoms with Crippen LogP contribution in [0.2, 0.25) is 0 Å². The molecule has 2 amide bonds. The average Bonchev–Trinajstić information content (AvgIpc) is 3.18. The van der Waals surface area contributed by atoms with Crippen LogP contribution in [0.1, 0.15) is 40.0 Å². The van der Waals surface area contributed by atoms with Crippen molar-refractivity contribution < 1.29 is 9.59 Å². The van der Waals surface area contributed by atoms with E-state index in [1.165, 1.54) is 0 Å². The number of hydrogen-bond donors (Lipinski definition) is 0. The summed E-state index contributed by atoms with van der Waals surface area (Å²) in [4.78, 5) is 36.4. The molecule has 3 heterocycles. The van der Waals surface area contributed by atoms with Crippen molar-refractivity contribution in [2.24, 2.45) is 0 Å². The van der Waals surface area contributed by atoms with Crippen LogP contribution < -0.4 is 4.90 Å². The molecule has 6 heteroatoms. The van der Waals surface area contributed by atoms with E-state index in [2.05, 4.69) is 9.88 Å². The van der Waals surface area contributed by atoms with Crippen molar-refractivity contribution >= 4 is 17.6 Å². The van der Waals surface area contributed by atoms with E-state index >= 15 is 0 Å². The molecule has 1 aromatic heterocycles. The van der Waals surface area contributed by atoms with Gasteiger partial charge in [0.05, 0.1) is 5.56 Å². The van der Waals surface area contributed by atoms with Gasteiger partial charge in [-0.25, -0.2) is 4.98 Å². The summed E-state index contributed by atoms with van der Waals surface area (Å²) in [6.07, 6.45) is 4.83. The van der Waals surface area contributed by atoms with Gasteiger partial charge in [0.15, 0.2) is 0 Å². The number of carbonyl (C=O) groups excluding carboxylic acids is 2. The summed E-state index contributed by atoms with van der Waals surface area (Å²) < 4.78 is 0. The Bertz CT molecular complexity index is 833. The zero-order valence-electron chi connectivity index (χ0n) is 16.1. The highest BCUT2D eigenvalue weighted by Gasteiger charge is 2.27. The second-order valence-corrected chi connectivity index (χ2v) is 7.37. The smallest absolute Gasteiger partial charge is 0.257 e. The van der Waals surface area contributed by atoms with E-state index in [0.29, 0.717) is 37.3 Å². The molecule has 0 N–H and O–H groups in total. The minimum Gasteiger partial charge on any atom is -0.356 e. The molecule has 0 saturated carbocycles. The van der Waals surface area contributed by atoms with E-state index in [9.17, 15) is 9.59 Å². The van der Waals surface area contributed by atoms with Crippen LogP contribution in [0, 0.1) is 0 Å². The van der Waals surface area contributed by atoms with E-state index < -0.39 is 0 Å². The number of carbonyl (C=O) groups is 2. The molecule has 1 aromatic carbocycles. The van der Waals surface area contributed by atoms with Crippen LogP contribution in [-0.4, -0.2) is 65.9 Å². The zero-order valence-corrected chi connectivity index (χ0v) is 16.1. The minimum atomic E-state index is 0.0176. The van der Waals surface area contributed by atoms with Gasteiger partial charge in [-0.2, -0.15) is 0 Å². The monoisotopic (exact) mass is 378 g/mol. The lowest BCUT2D eigenvalue weighted by atomic mass is 10.2. The van der Waals surface area contributed by atoms with Crippen molar-refractivity contribution in [1.29, 1.82) is 0 Å². The van der Waals surface area contributed by atoms with Crippen molar-refractivity contribution in [3.63, 3.8) is 0 Å². The molecule has 146 valence electrons. The number of pyridine rings is 1. The molecule has 0 atom stereocenters. The molecular formula is C22H26N4O2.